The van der Waals surface area contributed by atoms with E-state index in [0.717, 1.165) is 24.8 Å². The third-order valence-electron chi connectivity index (χ3n) is 1.54. The molecule has 2 aromatic heterocycles. The molecule has 0 amide bonds. The maximum absolute atomic E-state index is 12.2. The lowest BCUT2D eigenvalue weighted by Crippen LogP contribution is -1.86. The van der Waals surface area contributed by atoms with Crippen LogP contribution in [0.15, 0.2) is 30.9 Å². The molecule has 2 rings (SSSR count). The minimum atomic E-state index is -0.477. The largest absolute Gasteiger partial charge is 0.234 e. The second kappa shape index (κ2) is 7.39. The maximum atomic E-state index is 12.2. The lowest BCUT2D eigenvalue weighted by molar-refractivity contribution is 0.612. The van der Waals surface area contributed by atoms with Gasteiger partial charge in [-0.3, -0.25) is 0 Å². The number of nitrogens with zero attached hydrogens (tertiary/aromatic N) is 4. The second-order valence-electron chi connectivity index (χ2n) is 2.93. The van der Waals surface area contributed by atoms with Gasteiger partial charge in [0, 0.05) is 0 Å². The van der Waals surface area contributed by atoms with Gasteiger partial charge in [-0.2, -0.15) is 0 Å². The molecule has 18 heavy (non-hydrogen) atoms. The average Bonchev–Trinajstić information content (AvgIpc) is 2.37. The van der Waals surface area contributed by atoms with Crippen molar-refractivity contribution in [1.29, 1.82) is 0 Å². The molecular formula is C11H9ClF2N4. The first kappa shape index (κ1) is 14.1. The van der Waals surface area contributed by atoms with Gasteiger partial charge in [-0.25, -0.2) is 28.7 Å². The van der Waals surface area contributed by atoms with E-state index in [-0.39, 0.29) is 5.28 Å². The minimum Gasteiger partial charge on any atom is -0.234 e. The molecular weight excluding hydrogens is 262 g/mol. The van der Waals surface area contributed by atoms with Gasteiger partial charge in [-0.05, 0) is 24.6 Å². The van der Waals surface area contributed by atoms with E-state index in [1.807, 2.05) is 6.92 Å². The Morgan fingerprint density at radius 3 is 1.78 bits per heavy atom. The highest BCUT2D eigenvalue weighted by atomic mass is 35.5. The fraction of sp³-hybridized carbons (Fsp3) is 0.0909. The molecule has 0 fully saturated rings. The number of aromatic nitrogens is 4. The van der Waals surface area contributed by atoms with E-state index >= 15 is 0 Å². The summed E-state index contributed by atoms with van der Waals surface area (Å²) in [6.45, 7) is 1.85. The Kier molecular flexibility index (Phi) is 5.79. The minimum absolute atomic E-state index is 0.0615. The van der Waals surface area contributed by atoms with Crippen molar-refractivity contribution in [3.8, 4) is 0 Å². The first-order chi connectivity index (χ1) is 8.61. The van der Waals surface area contributed by atoms with Crippen LogP contribution < -0.4 is 0 Å². The van der Waals surface area contributed by atoms with E-state index in [1.54, 1.807) is 12.2 Å². The molecule has 0 aromatic carbocycles. The van der Waals surface area contributed by atoms with Gasteiger partial charge < -0.3 is 0 Å². The number of allylic oxidation sites excluding steroid dienone is 1. The topological polar surface area (TPSA) is 51.6 Å². The summed E-state index contributed by atoms with van der Waals surface area (Å²) in [6.07, 6.45) is 7.81. The van der Waals surface area contributed by atoms with E-state index in [4.69, 9.17) is 11.6 Å². The van der Waals surface area contributed by atoms with Crippen LogP contribution in [0.5, 0.6) is 0 Å². The lowest BCUT2D eigenvalue weighted by Gasteiger charge is -1.88. The van der Waals surface area contributed by atoms with Gasteiger partial charge >= 0.3 is 0 Å². The molecule has 0 spiro atoms. The van der Waals surface area contributed by atoms with Crippen LogP contribution in [0.3, 0.4) is 0 Å². The van der Waals surface area contributed by atoms with Gasteiger partial charge in [0.1, 0.15) is 0 Å². The highest BCUT2D eigenvalue weighted by molar-refractivity contribution is 6.28. The van der Waals surface area contributed by atoms with Crippen LogP contribution in [0.4, 0.5) is 8.78 Å². The van der Waals surface area contributed by atoms with Crippen molar-refractivity contribution in [3.63, 3.8) is 0 Å². The van der Waals surface area contributed by atoms with Crippen LogP contribution in [0.25, 0.3) is 6.08 Å². The lowest BCUT2D eigenvalue weighted by atomic mass is 10.5. The average molecular weight is 271 g/mol. The zero-order valence-corrected chi connectivity index (χ0v) is 10.1. The summed E-state index contributed by atoms with van der Waals surface area (Å²) >= 11 is 5.22. The molecule has 0 radical (unpaired) electrons. The van der Waals surface area contributed by atoms with Crippen molar-refractivity contribution in [1.82, 2.24) is 19.9 Å². The van der Waals surface area contributed by atoms with E-state index in [2.05, 4.69) is 19.9 Å². The van der Waals surface area contributed by atoms with Gasteiger partial charge in [-0.1, -0.05) is 6.08 Å². The molecule has 0 atom stereocenters. The Labute approximate surface area is 107 Å². The van der Waals surface area contributed by atoms with Gasteiger partial charge in [0.05, 0.1) is 24.8 Å². The number of rotatable bonds is 1. The molecule has 0 aliphatic rings. The summed E-state index contributed by atoms with van der Waals surface area (Å²) in [5.41, 5.74) is 0. The quantitative estimate of drug-likeness (QED) is 0.748. The summed E-state index contributed by atoms with van der Waals surface area (Å²) in [5.74, 6) is -0.355. The molecule has 94 valence electrons. The normalized spacial score (nSPS) is 10.0. The molecule has 0 bridgehead atoms. The van der Waals surface area contributed by atoms with Crippen LogP contribution in [0.1, 0.15) is 12.7 Å². The highest BCUT2D eigenvalue weighted by Crippen LogP contribution is 1.97. The predicted molar refractivity (Wildman–Crippen MR) is 63.7 cm³/mol. The van der Waals surface area contributed by atoms with Gasteiger partial charge in [0.25, 0.3) is 0 Å². The predicted octanol–water partition coefficient (Wildman–Crippen LogP) is 2.92. The fourth-order valence-electron chi connectivity index (χ4n) is 0.854. The zero-order chi connectivity index (χ0) is 13.4. The Hall–Kier alpha value is -1.95. The van der Waals surface area contributed by atoms with E-state index in [9.17, 15) is 8.78 Å². The third-order valence-corrected chi connectivity index (χ3v) is 1.74. The standard InChI is InChI=1S/C7H7FN2.C4H2ClFN2/c1-2-3-7-9-4-6(8)5-10-7;5-4-7-1-3(6)2-8-4/h2-5H,1H3;1-2H/b3-2-;. The summed E-state index contributed by atoms with van der Waals surface area (Å²) in [4.78, 5) is 14.1. The van der Waals surface area contributed by atoms with Crippen molar-refractivity contribution >= 4 is 17.7 Å². The molecule has 7 heteroatoms. The molecule has 0 saturated carbocycles. The van der Waals surface area contributed by atoms with E-state index in [0.29, 0.717) is 5.82 Å². The van der Waals surface area contributed by atoms with Gasteiger partial charge in [-0.15, -0.1) is 0 Å². The molecule has 2 heterocycles. The fourth-order valence-corrected chi connectivity index (χ4v) is 0.952. The molecule has 4 nitrogen and oxygen atoms in total. The maximum Gasteiger partial charge on any atom is 0.222 e. The summed E-state index contributed by atoms with van der Waals surface area (Å²) < 4.78 is 24.1. The summed E-state index contributed by atoms with van der Waals surface area (Å²) in [6, 6.07) is 0. The molecule has 0 N–H and O–H groups in total. The first-order valence-corrected chi connectivity index (χ1v) is 5.23. The monoisotopic (exact) mass is 270 g/mol. The second-order valence-corrected chi connectivity index (χ2v) is 3.27. The molecule has 2 aromatic rings. The van der Waals surface area contributed by atoms with E-state index < -0.39 is 11.6 Å². The molecule has 0 unspecified atom stereocenters. The SMILES string of the molecule is C/C=C\c1ncc(F)cn1.Fc1cnc(Cl)nc1. The van der Waals surface area contributed by atoms with Gasteiger partial charge in [0.15, 0.2) is 17.5 Å². The van der Waals surface area contributed by atoms with E-state index in [1.165, 1.54) is 0 Å². The Balaban J connectivity index is 0.000000184. The van der Waals surface area contributed by atoms with Crippen LogP contribution in [-0.4, -0.2) is 19.9 Å². The van der Waals surface area contributed by atoms with Crippen molar-refractivity contribution in [2.24, 2.45) is 0 Å². The van der Waals surface area contributed by atoms with Crippen molar-refractivity contribution in [3.05, 3.63) is 53.6 Å². The van der Waals surface area contributed by atoms with Crippen LogP contribution in [0.2, 0.25) is 5.28 Å². The Bertz CT molecular complexity index is 478. The third kappa shape index (κ3) is 5.40. The van der Waals surface area contributed by atoms with Crippen molar-refractivity contribution < 1.29 is 8.78 Å². The molecule has 0 aliphatic carbocycles. The smallest absolute Gasteiger partial charge is 0.222 e. The van der Waals surface area contributed by atoms with Crippen LogP contribution in [0, 0.1) is 11.6 Å². The van der Waals surface area contributed by atoms with Gasteiger partial charge in [0.2, 0.25) is 5.28 Å². The first-order valence-electron chi connectivity index (χ1n) is 4.85. The molecule has 0 aliphatic heterocycles. The number of hydrogen-bond donors (Lipinski definition) is 0. The zero-order valence-electron chi connectivity index (χ0n) is 9.39. The molecule has 0 saturated heterocycles. The van der Waals surface area contributed by atoms with Crippen molar-refractivity contribution in [2.75, 3.05) is 0 Å². The number of halogens is 3. The van der Waals surface area contributed by atoms with Crippen LogP contribution >= 0.6 is 11.6 Å². The number of hydrogen-bond acceptors (Lipinski definition) is 4. The Morgan fingerprint density at radius 1 is 0.944 bits per heavy atom. The summed E-state index contributed by atoms with van der Waals surface area (Å²) in [5, 5.41) is 0.0615. The van der Waals surface area contributed by atoms with Crippen LogP contribution in [-0.2, 0) is 0 Å². The Morgan fingerprint density at radius 2 is 1.39 bits per heavy atom. The highest BCUT2D eigenvalue weighted by Gasteiger charge is 1.89. The summed E-state index contributed by atoms with van der Waals surface area (Å²) in [7, 11) is 0. The van der Waals surface area contributed by atoms with Crippen molar-refractivity contribution in [2.45, 2.75) is 6.92 Å².